The fourth-order valence-corrected chi connectivity index (χ4v) is 2.21. The average Bonchev–Trinajstić information content (AvgIpc) is 2.33. The van der Waals surface area contributed by atoms with E-state index in [1.165, 1.54) is 16.9 Å². The van der Waals surface area contributed by atoms with E-state index in [2.05, 4.69) is 50.0 Å². The summed E-state index contributed by atoms with van der Waals surface area (Å²) in [5, 5.41) is 3.50. The van der Waals surface area contributed by atoms with Gasteiger partial charge in [-0.25, -0.2) is 0 Å². The van der Waals surface area contributed by atoms with E-state index < -0.39 is 0 Å². The second kappa shape index (κ2) is 7.53. The van der Waals surface area contributed by atoms with Gasteiger partial charge in [-0.2, -0.15) is 0 Å². The summed E-state index contributed by atoms with van der Waals surface area (Å²) in [6.45, 7) is 9.22. The van der Waals surface area contributed by atoms with Crippen LogP contribution in [0.5, 0.6) is 0 Å². The fourth-order valence-electron chi connectivity index (χ4n) is 1.51. The minimum absolute atomic E-state index is 0.434. The van der Waals surface area contributed by atoms with Gasteiger partial charge in [0.15, 0.2) is 0 Å². The number of hydrogen-bond donors (Lipinski definition) is 1. The first-order chi connectivity index (χ1) is 7.77. The molecule has 0 radical (unpaired) electrons. The number of nitrogens with one attached hydrogen (secondary N) is 1. The highest BCUT2D eigenvalue weighted by Crippen LogP contribution is 2.22. The zero-order chi connectivity index (χ0) is 11.8. The molecule has 0 heterocycles. The summed E-state index contributed by atoms with van der Waals surface area (Å²) in [5.74, 6) is 0.972. The van der Waals surface area contributed by atoms with Crippen LogP contribution >= 0.6 is 11.8 Å². The van der Waals surface area contributed by atoms with Crippen LogP contribution in [0.1, 0.15) is 31.9 Å². The Kier molecular flexibility index (Phi) is 6.27. The third-order valence-corrected chi connectivity index (χ3v) is 3.42. The van der Waals surface area contributed by atoms with Crippen molar-refractivity contribution in [3.05, 3.63) is 42.5 Å². The van der Waals surface area contributed by atoms with Gasteiger partial charge in [-0.1, -0.05) is 25.1 Å². The molecule has 1 aromatic rings. The lowest BCUT2D eigenvalue weighted by atomic mass is 10.1. The zero-order valence-electron chi connectivity index (χ0n) is 10.2. The van der Waals surface area contributed by atoms with Crippen molar-refractivity contribution in [1.82, 2.24) is 5.32 Å². The summed E-state index contributed by atoms with van der Waals surface area (Å²) in [6, 6.07) is 9.17. The quantitative estimate of drug-likeness (QED) is 0.566. The van der Waals surface area contributed by atoms with E-state index in [-0.39, 0.29) is 0 Å². The Morgan fingerprint density at radius 2 is 2.31 bits per heavy atom. The Hall–Kier alpha value is -0.730. The van der Waals surface area contributed by atoms with Crippen LogP contribution in [0.15, 0.2) is 41.8 Å². The molecule has 0 aliphatic heterocycles. The molecule has 0 fully saturated rings. The van der Waals surface area contributed by atoms with Crippen molar-refractivity contribution < 1.29 is 0 Å². The largest absolute Gasteiger partial charge is 0.310 e. The molecule has 1 atom stereocenters. The van der Waals surface area contributed by atoms with Crippen LogP contribution in [0.25, 0.3) is 0 Å². The van der Waals surface area contributed by atoms with Gasteiger partial charge in [0.25, 0.3) is 0 Å². The van der Waals surface area contributed by atoms with Gasteiger partial charge in [0, 0.05) is 16.7 Å². The normalized spacial score (nSPS) is 12.4. The standard InChI is InChI=1S/C14H21NS/c1-4-9-15-12(3)13-7-6-8-14(11-13)16-10-5-2/h5-8,11-12,15H,2,4,9-10H2,1,3H3. The zero-order valence-corrected chi connectivity index (χ0v) is 11.0. The fraction of sp³-hybridized carbons (Fsp3) is 0.429. The molecule has 0 spiro atoms. The Bertz CT molecular complexity index is 322. The SMILES string of the molecule is C=CCSc1cccc(C(C)NCCC)c1. The Morgan fingerprint density at radius 3 is 3.00 bits per heavy atom. The first-order valence-electron chi connectivity index (χ1n) is 5.85. The third-order valence-electron chi connectivity index (χ3n) is 2.43. The molecule has 0 amide bonds. The highest BCUT2D eigenvalue weighted by molar-refractivity contribution is 7.99. The number of rotatable bonds is 7. The highest BCUT2D eigenvalue weighted by atomic mass is 32.2. The molecular weight excluding hydrogens is 214 g/mol. The number of thioether (sulfide) groups is 1. The molecule has 88 valence electrons. The molecule has 0 saturated carbocycles. The van der Waals surface area contributed by atoms with Gasteiger partial charge >= 0.3 is 0 Å². The molecule has 0 aliphatic rings. The van der Waals surface area contributed by atoms with E-state index >= 15 is 0 Å². The topological polar surface area (TPSA) is 12.0 Å². The van der Waals surface area contributed by atoms with Crippen molar-refractivity contribution in [2.24, 2.45) is 0 Å². The van der Waals surface area contributed by atoms with Crippen molar-refractivity contribution in [2.75, 3.05) is 12.3 Å². The Labute approximate surface area is 103 Å². The number of hydrogen-bond acceptors (Lipinski definition) is 2. The van der Waals surface area contributed by atoms with E-state index in [1.54, 1.807) is 0 Å². The lowest BCUT2D eigenvalue weighted by molar-refractivity contribution is 0.570. The average molecular weight is 235 g/mol. The van der Waals surface area contributed by atoms with Gasteiger partial charge in [0.2, 0.25) is 0 Å². The Balaban J connectivity index is 2.61. The first-order valence-corrected chi connectivity index (χ1v) is 6.83. The maximum absolute atomic E-state index is 3.74. The highest BCUT2D eigenvalue weighted by Gasteiger charge is 2.04. The molecule has 0 aliphatic carbocycles. The summed E-state index contributed by atoms with van der Waals surface area (Å²) < 4.78 is 0. The minimum atomic E-state index is 0.434. The van der Waals surface area contributed by atoms with Crippen molar-refractivity contribution in [3.8, 4) is 0 Å². The molecule has 0 aromatic heterocycles. The minimum Gasteiger partial charge on any atom is -0.310 e. The summed E-state index contributed by atoms with van der Waals surface area (Å²) in [7, 11) is 0. The maximum Gasteiger partial charge on any atom is 0.0292 e. The van der Waals surface area contributed by atoms with Crippen LogP contribution in [0, 0.1) is 0 Å². The molecule has 0 bridgehead atoms. The van der Waals surface area contributed by atoms with Crippen LogP contribution in [-0.2, 0) is 0 Å². The van der Waals surface area contributed by atoms with Crippen molar-refractivity contribution in [2.45, 2.75) is 31.2 Å². The van der Waals surface area contributed by atoms with Crippen LogP contribution in [-0.4, -0.2) is 12.3 Å². The van der Waals surface area contributed by atoms with Crippen molar-refractivity contribution in [1.29, 1.82) is 0 Å². The maximum atomic E-state index is 3.74. The van der Waals surface area contributed by atoms with E-state index in [0.717, 1.165) is 12.3 Å². The molecule has 1 nitrogen and oxygen atoms in total. The van der Waals surface area contributed by atoms with Crippen LogP contribution < -0.4 is 5.32 Å². The van der Waals surface area contributed by atoms with E-state index in [9.17, 15) is 0 Å². The molecule has 1 N–H and O–H groups in total. The molecular formula is C14H21NS. The van der Waals surface area contributed by atoms with E-state index in [4.69, 9.17) is 0 Å². The van der Waals surface area contributed by atoms with Crippen molar-refractivity contribution >= 4 is 11.8 Å². The predicted octanol–water partition coefficient (Wildman–Crippen LogP) is 4.03. The van der Waals surface area contributed by atoms with Gasteiger partial charge in [0.05, 0.1) is 0 Å². The van der Waals surface area contributed by atoms with Gasteiger partial charge in [-0.05, 0) is 37.6 Å². The first kappa shape index (κ1) is 13.3. The van der Waals surface area contributed by atoms with Crippen LogP contribution in [0.4, 0.5) is 0 Å². The lowest BCUT2D eigenvalue weighted by Crippen LogP contribution is -2.19. The molecule has 1 unspecified atom stereocenters. The van der Waals surface area contributed by atoms with Crippen LogP contribution in [0.3, 0.4) is 0 Å². The monoisotopic (exact) mass is 235 g/mol. The van der Waals surface area contributed by atoms with Crippen molar-refractivity contribution in [3.63, 3.8) is 0 Å². The Morgan fingerprint density at radius 1 is 1.50 bits per heavy atom. The third kappa shape index (κ3) is 4.42. The van der Waals surface area contributed by atoms with Gasteiger partial charge in [-0.15, -0.1) is 18.3 Å². The summed E-state index contributed by atoms with van der Waals surface area (Å²) in [4.78, 5) is 1.32. The predicted molar refractivity (Wildman–Crippen MR) is 74.1 cm³/mol. The van der Waals surface area contributed by atoms with Crippen LogP contribution in [0.2, 0.25) is 0 Å². The van der Waals surface area contributed by atoms with E-state index in [0.29, 0.717) is 6.04 Å². The summed E-state index contributed by atoms with van der Waals surface area (Å²) in [6.07, 6.45) is 3.12. The van der Waals surface area contributed by atoms with Gasteiger partial charge in [0.1, 0.15) is 0 Å². The van der Waals surface area contributed by atoms with Gasteiger partial charge < -0.3 is 5.32 Å². The molecule has 0 saturated heterocycles. The number of benzene rings is 1. The van der Waals surface area contributed by atoms with E-state index in [1.807, 2.05) is 17.8 Å². The second-order valence-electron chi connectivity index (χ2n) is 3.85. The lowest BCUT2D eigenvalue weighted by Gasteiger charge is -2.14. The van der Waals surface area contributed by atoms with Gasteiger partial charge in [-0.3, -0.25) is 0 Å². The summed E-state index contributed by atoms with van der Waals surface area (Å²) >= 11 is 1.83. The smallest absolute Gasteiger partial charge is 0.0292 e. The summed E-state index contributed by atoms with van der Waals surface area (Å²) in [5.41, 5.74) is 1.36. The second-order valence-corrected chi connectivity index (χ2v) is 4.94. The molecule has 16 heavy (non-hydrogen) atoms. The molecule has 1 rings (SSSR count). The molecule has 2 heteroatoms. The molecule has 1 aromatic carbocycles.